The number of hydrogen-bond acceptors (Lipinski definition) is 2. The van der Waals surface area contributed by atoms with Gasteiger partial charge in [0.2, 0.25) is 0 Å². The third-order valence-electron chi connectivity index (χ3n) is 3.42. The highest BCUT2D eigenvalue weighted by molar-refractivity contribution is 5.73. The highest BCUT2D eigenvalue weighted by Crippen LogP contribution is 2.21. The Morgan fingerprint density at radius 1 is 1.10 bits per heavy atom. The lowest BCUT2D eigenvalue weighted by Gasteiger charge is -2.25. The topological polar surface area (TPSA) is 54.0 Å². The highest BCUT2D eigenvalue weighted by atomic mass is 16.2. The minimum absolute atomic E-state index is 0.104. The molecule has 2 N–H and O–H groups in total. The minimum atomic E-state index is -0.164. The number of benzene rings is 1. The number of hydrogen-bond donors (Lipinski definition) is 2. The summed E-state index contributed by atoms with van der Waals surface area (Å²) in [7, 11) is 0. The molecular formula is C17H21N3O. The van der Waals surface area contributed by atoms with Crippen LogP contribution in [-0.4, -0.2) is 17.6 Å². The summed E-state index contributed by atoms with van der Waals surface area (Å²) in [5, 5.41) is 5.75. The molecule has 1 aromatic carbocycles. The average molecular weight is 283 g/mol. The molecule has 4 nitrogen and oxygen atoms in total. The second-order valence-electron chi connectivity index (χ2n) is 5.65. The fourth-order valence-corrected chi connectivity index (χ4v) is 2.04. The van der Waals surface area contributed by atoms with E-state index >= 15 is 0 Å². The van der Waals surface area contributed by atoms with Gasteiger partial charge in [-0.2, -0.15) is 0 Å². The maximum absolute atomic E-state index is 11.9. The van der Waals surface area contributed by atoms with E-state index in [9.17, 15) is 4.79 Å². The maximum atomic E-state index is 11.9. The molecule has 1 heterocycles. The predicted molar refractivity (Wildman–Crippen MR) is 83.9 cm³/mol. The van der Waals surface area contributed by atoms with E-state index < -0.39 is 0 Å². The fraction of sp³-hybridized carbons (Fsp3) is 0.294. The van der Waals surface area contributed by atoms with Crippen molar-refractivity contribution < 1.29 is 4.79 Å². The predicted octanol–water partition coefficient (Wildman–Crippen LogP) is 2.86. The zero-order chi connectivity index (χ0) is 15.1. The lowest BCUT2D eigenvalue weighted by atomic mass is 9.85. The van der Waals surface area contributed by atoms with Gasteiger partial charge in [-0.3, -0.25) is 4.98 Å². The molecule has 0 radical (unpaired) electrons. The Bertz CT molecular complexity index is 567. The molecule has 0 fully saturated rings. The molecule has 2 rings (SSSR count). The number of urea groups is 1. The molecule has 1 aromatic heterocycles. The number of carbonyl (C=O) groups excluding carboxylic acids is 1. The lowest BCUT2D eigenvalue weighted by molar-refractivity contribution is 0.238. The maximum Gasteiger partial charge on any atom is 0.315 e. The molecule has 0 spiro atoms. The van der Waals surface area contributed by atoms with Crippen molar-refractivity contribution in [2.75, 3.05) is 6.54 Å². The molecule has 2 amide bonds. The first-order valence-electron chi connectivity index (χ1n) is 7.04. The third-order valence-corrected chi connectivity index (χ3v) is 3.42. The molecule has 0 aliphatic rings. The van der Waals surface area contributed by atoms with Gasteiger partial charge in [-0.25, -0.2) is 4.79 Å². The van der Waals surface area contributed by atoms with Gasteiger partial charge in [0.25, 0.3) is 0 Å². The van der Waals surface area contributed by atoms with Gasteiger partial charge in [-0.15, -0.1) is 0 Å². The first-order chi connectivity index (χ1) is 10.1. The summed E-state index contributed by atoms with van der Waals surface area (Å²) in [6, 6.07) is 13.8. The van der Waals surface area contributed by atoms with Crippen molar-refractivity contribution in [3.05, 3.63) is 66.0 Å². The Morgan fingerprint density at radius 2 is 1.86 bits per heavy atom. The van der Waals surface area contributed by atoms with E-state index in [-0.39, 0.29) is 11.4 Å². The minimum Gasteiger partial charge on any atom is -0.337 e. The van der Waals surface area contributed by atoms with Gasteiger partial charge in [0.15, 0.2) is 0 Å². The zero-order valence-electron chi connectivity index (χ0n) is 12.5. The van der Waals surface area contributed by atoms with Crippen LogP contribution in [0.4, 0.5) is 4.79 Å². The SMILES string of the molecule is CC(C)(CNC(=O)NCc1cccnc1)c1ccccc1. The van der Waals surface area contributed by atoms with Crippen molar-refractivity contribution in [3.63, 3.8) is 0 Å². The van der Waals surface area contributed by atoms with Crippen LogP contribution in [0.15, 0.2) is 54.9 Å². The Kier molecular flexibility index (Phi) is 4.93. The van der Waals surface area contributed by atoms with Crippen LogP contribution in [0.3, 0.4) is 0 Å². The Balaban J connectivity index is 1.81. The first-order valence-corrected chi connectivity index (χ1v) is 7.04. The highest BCUT2D eigenvalue weighted by Gasteiger charge is 2.20. The fourth-order valence-electron chi connectivity index (χ4n) is 2.04. The van der Waals surface area contributed by atoms with Crippen LogP contribution in [0.5, 0.6) is 0 Å². The average Bonchev–Trinajstić information content (AvgIpc) is 2.53. The summed E-state index contributed by atoms with van der Waals surface area (Å²) in [6.07, 6.45) is 3.46. The molecular weight excluding hydrogens is 262 g/mol. The number of nitrogens with one attached hydrogen (secondary N) is 2. The summed E-state index contributed by atoms with van der Waals surface area (Å²) in [5.41, 5.74) is 2.08. The standard InChI is InChI=1S/C17H21N3O/c1-17(2,15-8-4-3-5-9-15)13-20-16(21)19-12-14-7-6-10-18-11-14/h3-11H,12-13H2,1-2H3,(H2,19,20,21). The van der Waals surface area contributed by atoms with Crippen LogP contribution in [-0.2, 0) is 12.0 Å². The van der Waals surface area contributed by atoms with E-state index in [0.717, 1.165) is 5.56 Å². The summed E-state index contributed by atoms with van der Waals surface area (Å²) in [4.78, 5) is 15.9. The van der Waals surface area contributed by atoms with E-state index in [2.05, 4.69) is 41.6 Å². The second-order valence-corrected chi connectivity index (χ2v) is 5.65. The summed E-state index contributed by atoms with van der Waals surface area (Å²) in [6.45, 7) is 5.29. The Hall–Kier alpha value is -2.36. The van der Waals surface area contributed by atoms with E-state index in [1.807, 2.05) is 30.3 Å². The van der Waals surface area contributed by atoms with Gasteiger partial charge in [-0.1, -0.05) is 50.2 Å². The molecule has 0 saturated heterocycles. The molecule has 2 aromatic rings. The normalized spacial score (nSPS) is 11.0. The quantitative estimate of drug-likeness (QED) is 0.886. The molecule has 110 valence electrons. The van der Waals surface area contributed by atoms with Gasteiger partial charge < -0.3 is 10.6 Å². The van der Waals surface area contributed by atoms with Crippen molar-refractivity contribution in [1.29, 1.82) is 0 Å². The molecule has 0 aliphatic carbocycles. The van der Waals surface area contributed by atoms with Gasteiger partial charge in [0, 0.05) is 30.9 Å². The van der Waals surface area contributed by atoms with Gasteiger partial charge in [0.1, 0.15) is 0 Å². The third kappa shape index (κ3) is 4.60. The molecule has 21 heavy (non-hydrogen) atoms. The lowest BCUT2D eigenvalue weighted by Crippen LogP contribution is -2.42. The number of pyridine rings is 1. The van der Waals surface area contributed by atoms with E-state index in [1.165, 1.54) is 5.56 Å². The Labute approximate surface area is 125 Å². The molecule has 0 saturated carbocycles. The van der Waals surface area contributed by atoms with Crippen LogP contribution < -0.4 is 10.6 Å². The van der Waals surface area contributed by atoms with Crippen LogP contribution >= 0.6 is 0 Å². The molecule has 0 aliphatic heterocycles. The van der Waals surface area contributed by atoms with Gasteiger partial charge in [0.05, 0.1) is 0 Å². The first kappa shape index (κ1) is 15.0. The van der Waals surface area contributed by atoms with Crippen molar-refractivity contribution in [3.8, 4) is 0 Å². The Morgan fingerprint density at radius 3 is 2.52 bits per heavy atom. The van der Waals surface area contributed by atoms with E-state index in [4.69, 9.17) is 0 Å². The number of nitrogens with zero attached hydrogens (tertiary/aromatic N) is 1. The monoisotopic (exact) mass is 283 g/mol. The van der Waals surface area contributed by atoms with Crippen molar-refractivity contribution in [2.24, 2.45) is 0 Å². The van der Waals surface area contributed by atoms with Gasteiger partial charge >= 0.3 is 6.03 Å². The van der Waals surface area contributed by atoms with E-state index in [0.29, 0.717) is 13.1 Å². The number of aromatic nitrogens is 1. The molecule has 0 bridgehead atoms. The summed E-state index contributed by atoms with van der Waals surface area (Å²) < 4.78 is 0. The summed E-state index contributed by atoms with van der Waals surface area (Å²) >= 11 is 0. The van der Waals surface area contributed by atoms with Crippen molar-refractivity contribution >= 4 is 6.03 Å². The van der Waals surface area contributed by atoms with E-state index in [1.54, 1.807) is 12.4 Å². The van der Waals surface area contributed by atoms with Crippen LogP contribution in [0.2, 0.25) is 0 Å². The largest absolute Gasteiger partial charge is 0.337 e. The van der Waals surface area contributed by atoms with Crippen LogP contribution in [0, 0.1) is 0 Å². The zero-order valence-corrected chi connectivity index (χ0v) is 12.5. The smallest absolute Gasteiger partial charge is 0.315 e. The molecule has 0 unspecified atom stereocenters. The van der Waals surface area contributed by atoms with Gasteiger partial charge in [-0.05, 0) is 17.2 Å². The van der Waals surface area contributed by atoms with Crippen LogP contribution in [0.25, 0.3) is 0 Å². The van der Waals surface area contributed by atoms with Crippen LogP contribution in [0.1, 0.15) is 25.0 Å². The van der Waals surface area contributed by atoms with Crippen molar-refractivity contribution in [2.45, 2.75) is 25.8 Å². The number of carbonyl (C=O) groups is 1. The van der Waals surface area contributed by atoms with Crippen molar-refractivity contribution in [1.82, 2.24) is 15.6 Å². The second kappa shape index (κ2) is 6.88. The molecule has 0 atom stereocenters. The summed E-state index contributed by atoms with van der Waals surface area (Å²) in [5.74, 6) is 0. The number of rotatable bonds is 5. The molecule has 4 heteroatoms. The number of amides is 2.